The number of hydrogen-bond acceptors (Lipinski definition) is 8. The molecule has 2 atom stereocenters. The van der Waals surface area contributed by atoms with Crippen LogP contribution in [0.5, 0.6) is 5.88 Å². The predicted molar refractivity (Wildman–Crippen MR) is 159 cm³/mol. The van der Waals surface area contributed by atoms with Crippen molar-refractivity contribution in [2.24, 2.45) is 0 Å². The first-order valence-electron chi connectivity index (χ1n) is 15.2. The lowest BCUT2D eigenvalue weighted by Crippen LogP contribution is -2.55. The summed E-state index contributed by atoms with van der Waals surface area (Å²) in [4.78, 5) is 31.3. The van der Waals surface area contributed by atoms with E-state index < -0.39 is 0 Å². The Labute approximate surface area is 243 Å². The number of pyridine rings is 2. The van der Waals surface area contributed by atoms with Crippen molar-refractivity contribution in [3.63, 3.8) is 0 Å². The van der Waals surface area contributed by atoms with Gasteiger partial charge in [0, 0.05) is 67.1 Å². The van der Waals surface area contributed by atoms with Crippen molar-refractivity contribution >= 4 is 17.3 Å². The Morgan fingerprint density at radius 1 is 1.07 bits per heavy atom. The molecule has 216 valence electrons. The fourth-order valence-electron chi connectivity index (χ4n) is 7.09. The Balaban J connectivity index is 1.31. The van der Waals surface area contributed by atoms with Gasteiger partial charge in [-0.1, -0.05) is 6.58 Å². The highest BCUT2D eigenvalue weighted by Crippen LogP contribution is 2.37. The molecule has 0 radical (unpaired) electrons. The van der Waals surface area contributed by atoms with Gasteiger partial charge in [0.05, 0.1) is 30.8 Å². The molecule has 3 aliphatic heterocycles. The normalized spacial score (nSPS) is 22.6. The zero-order chi connectivity index (χ0) is 28.3. The van der Waals surface area contributed by atoms with Crippen LogP contribution >= 0.6 is 0 Å². The Morgan fingerprint density at radius 3 is 2.73 bits per heavy atom. The molecule has 2 aromatic rings. The van der Waals surface area contributed by atoms with E-state index in [2.05, 4.69) is 46.5 Å². The zero-order valence-electron chi connectivity index (χ0n) is 24.2. The number of amides is 1. The van der Waals surface area contributed by atoms with E-state index >= 15 is 0 Å². The van der Waals surface area contributed by atoms with Gasteiger partial charge in [-0.05, 0) is 76.2 Å². The maximum Gasteiger partial charge on any atom is 0.246 e. The molecule has 9 nitrogen and oxygen atoms in total. The van der Waals surface area contributed by atoms with E-state index in [1.807, 2.05) is 6.20 Å². The molecular weight excluding hydrogens is 514 g/mol. The monoisotopic (exact) mass is 555 g/mol. The summed E-state index contributed by atoms with van der Waals surface area (Å²) in [5.74, 6) is 0.557. The van der Waals surface area contributed by atoms with E-state index in [0.717, 1.165) is 56.7 Å². The Morgan fingerprint density at radius 2 is 1.93 bits per heavy atom. The van der Waals surface area contributed by atoms with Crippen molar-refractivity contribution in [2.45, 2.75) is 70.0 Å². The summed E-state index contributed by atoms with van der Waals surface area (Å²) in [7, 11) is 2.17. The SMILES string of the molecule is C=CC(=O)N1CCN(c2cc(OC[C@@H]3CCCN3C)nc3c2CCN(c2ccnc4c2CCCC4)C3)C[C@@H]1CC#N. The average molecular weight is 556 g/mol. The van der Waals surface area contributed by atoms with Gasteiger partial charge in [0.2, 0.25) is 11.8 Å². The molecule has 0 aromatic carbocycles. The minimum Gasteiger partial charge on any atom is -0.476 e. The first-order valence-corrected chi connectivity index (χ1v) is 15.2. The molecule has 6 rings (SSSR count). The fraction of sp³-hybridized carbons (Fsp3) is 0.562. The number of nitrogens with zero attached hydrogens (tertiary/aromatic N) is 7. The van der Waals surface area contributed by atoms with Crippen molar-refractivity contribution in [2.75, 3.05) is 56.2 Å². The lowest BCUT2D eigenvalue weighted by molar-refractivity contribution is -0.128. The molecule has 41 heavy (non-hydrogen) atoms. The van der Waals surface area contributed by atoms with Crippen molar-refractivity contribution in [1.82, 2.24) is 19.8 Å². The second-order valence-corrected chi connectivity index (χ2v) is 11.8. The number of fused-ring (bicyclic) bond motifs is 2. The number of rotatable bonds is 7. The van der Waals surface area contributed by atoms with Crippen LogP contribution in [0.1, 0.15) is 54.6 Å². The van der Waals surface area contributed by atoms with Gasteiger partial charge in [0.1, 0.15) is 6.61 Å². The summed E-state index contributed by atoms with van der Waals surface area (Å²) < 4.78 is 6.40. The fourth-order valence-corrected chi connectivity index (χ4v) is 7.09. The van der Waals surface area contributed by atoms with Crippen LogP contribution in [-0.4, -0.2) is 84.1 Å². The Hall–Kier alpha value is -3.64. The number of anilines is 2. The van der Waals surface area contributed by atoms with Gasteiger partial charge in [0.25, 0.3) is 0 Å². The third-order valence-corrected chi connectivity index (χ3v) is 9.39. The molecule has 0 saturated carbocycles. The minimum atomic E-state index is -0.178. The van der Waals surface area contributed by atoms with Crippen molar-refractivity contribution in [3.05, 3.63) is 53.5 Å². The molecule has 5 heterocycles. The van der Waals surface area contributed by atoms with Gasteiger partial charge in [-0.2, -0.15) is 5.26 Å². The predicted octanol–water partition coefficient (Wildman–Crippen LogP) is 3.51. The number of carbonyl (C=O) groups is 1. The lowest BCUT2D eigenvalue weighted by Gasteiger charge is -2.43. The highest BCUT2D eigenvalue weighted by molar-refractivity contribution is 5.87. The number of ether oxygens (including phenoxy) is 1. The molecule has 0 bridgehead atoms. The molecule has 2 aromatic heterocycles. The summed E-state index contributed by atoms with van der Waals surface area (Å²) in [6.07, 6.45) is 11.4. The molecule has 0 N–H and O–H groups in total. The van der Waals surface area contributed by atoms with E-state index in [1.165, 1.54) is 47.8 Å². The molecule has 2 fully saturated rings. The highest BCUT2D eigenvalue weighted by Gasteiger charge is 2.33. The maximum absolute atomic E-state index is 12.5. The van der Waals surface area contributed by atoms with Crippen LogP contribution in [0.25, 0.3) is 0 Å². The zero-order valence-corrected chi connectivity index (χ0v) is 24.2. The highest BCUT2D eigenvalue weighted by atomic mass is 16.5. The van der Waals surface area contributed by atoms with Gasteiger partial charge < -0.3 is 24.3 Å². The van der Waals surface area contributed by atoms with E-state index in [9.17, 15) is 10.1 Å². The van der Waals surface area contributed by atoms with Crippen molar-refractivity contribution in [3.8, 4) is 11.9 Å². The standard InChI is InChI=1S/C32H41N7O2/c1-3-32(40)39-18-17-38(20-23(39)10-13-33)30-19-31(41-22-24-7-6-15-36(24)2)35-28-21-37(16-12-26(28)30)29-11-14-34-27-9-5-4-8-25(27)29/h3,11,14,19,23-24H,1,4-10,12,15-18,20-22H2,2H3/t23-,24-/m0/s1. The number of likely N-dealkylation sites (N-methyl/N-ethyl adjacent to an activating group) is 1. The van der Waals surface area contributed by atoms with Gasteiger partial charge >= 0.3 is 0 Å². The molecule has 9 heteroatoms. The summed E-state index contributed by atoms with van der Waals surface area (Å²) in [5, 5.41) is 9.52. The molecule has 1 aliphatic carbocycles. The van der Waals surface area contributed by atoms with Crippen LogP contribution < -0.4 is 14.5 Å². The summed E-state index contributed by atoms with van der Waals surface area (Å²) in [6, 6.07) is 6.80. The number of piperazine rings is 1. The first-order chi connectivity index (χ1) is 20.1. The number of nitriles is 1. The summed E-state index contributed by atoms with van der Waals surface area (Å²) in [5.41, 5.74) is 7.41. The topological polar surface area (TPSA) is 88.8 Å². The number of likely N-dealkylation sites (tertiary alicyclic amines) is 1. The molecule has 0 spiro atoms. The van der Waals surface area contributed by atoms with Crippen molar-refractivity contribution < 1.29 is 9.53 Å². The molecule has 2 saturated heterocycles. The third-order valence-electron chi connectivity index (χ3n) is 9.39. The second kappa shape index (κ2) is 12.1. The number of aromatic nitrogens is 2. The van der Waals surface area contributed by atoms with E-state index in [-0.39, 0.29) is 11.9 Å². The van der Waals surface area contributed by atoms with Crippen LogP contribution in [0, 0.1) is 11.3 Å². The van der Waals surface area contributed by atoms with E-state index in [4.69, 9.17) is 14.7 Å². The summed E-state index contributed by atoms with van der Waals surface area (Å²) in [6.45, 7) is 8.92. The maximum atomic E-state index is 12.5. The van der Waals surface area contributed by atoms with Crippen molar-refractivity contribution in [1.29, 1.82) is 5.26 Å². The van der Waals surface area contributed by atoms with Crippen LogP contribution in [0.3, 0.4) is 0 Å². The number of carbonyl (C=O) groups excluding carboxylic acids is 1. The summed E-state index contributed by atoms with van der Waals surface area (Å²) >= 11 is 0. The lowest BCUT2D eigenvalue weighted by atomic mass is 9.93. The molecule has 4 aliphatic rings. The minimum absolute atomic E-state index is 0.109. The molecular formula is C32H41N7O2. The van der Waals surface area contributed by atoms with Crippen LogP contribution in [0.15, 0.2) is 31.0 Å². The smallest absolute Gasteiger partial charge is 0.246 e. The largest absolute Gasteiger partial charge is 0.476 e. The van der Waals surface area contributed by atoms with Gasteiger partial charge in [-0.3, -0.25) is 9.78 Å². The Kier molecular flexibility index (Phi) is 8.11. The third kappa shape index (κ3) is 5.62. The second-order valence-electron chi connectivity index (χ2n) is 11.8. The number of hydrogen-bond donors (Lipinski definition) is 0. The quantitative estimate of drug-likeness (QED) is 0.480. The van der Waals surface area contributed by atoms with Crippen LogP contribution in [0.2, 0.25) is 0 Å². The van der Waals surface area contributed by atoms with Gasteiger partial charge in [0.15, 0.2) is 0 Å². The molecule has 1 amide bonds. The van der Waals surface area contributed by atoms with E-state index in [0.29, 0.717) is 44.6 Å². The van der Waals surface area contributed by atoms with Crippen LogP contribution in [0.4, 0.5) is 11.4 Å². The molecule has 0 unspecified atom stereocenters. The average Bonchev–Trinajstić information content (AvgIpc) is 3.43. The van der Waals surface area contributed by atoms with E-state index in [1.54, 1.807) is 4.90 Å². The number of aryl methyl sites for hydroxylation is 1. The van der Waals surface area contributed by atoms with Gasteiger partial charge in [-0.25, -0.2) is 4.98 Å². The van der Waals surface area contributed by atoms with Gasteiger partial charge in [-0.15, -0.1) is 0 Å². The first kappa shape index (κ1) is 27.5. The Bertz CT molecular complexity index is 1340. The van der Waals surface area contributed by atoms with Crippen LogP contribution in [-0.2, 0) is 30.6 Å².